The van der Waals surface area contributed by atoms with Gasteiger partial charge in [0.25, 0.3) is 0 Å². The Morgan fingerprint density at radius 1 is 1.40 bits per heavy atom. The molecule has 1 unspecified atom stereocenters. The average Bonchev–Trinajstić information content (AvgIpc) is 2.18. The van der Waals surface area contributed by atoms with Gasteiger partial charge in [0.1, 0.15) is 0 Å². The molecule has 0 saturated heterocycles. The van der Waals surface area contributed by atoms with Crippen LogP contribution in [0.15, 0.2) is 30.5 Å². The number of hydrogen-bond donors (Lipinski definition) is 1. The number of fused-ring (bicyclic) bond motifs is 1. The summed E-state index contributed by atoms with van der Waals surface area (Å²) in [5, 5.41) is 1.41. The molecule has 78 valence electrons. The molecule has 0 amide bonds. The zero-order valence-corrected chi connectivity index (χ0v) is 9.26. The second kappa shape index (κ2) is 4.26. The van der Waals surface area contributed by atoms with Crippen LogP contribution in [0.3, 0.4) is 0 Å². The van der Waals surface area contributed by atoms with Crippen molar-refractivity contribution in [2.75, 3.05) is 0 Å². The lowest BCUT2D eigenvalue weighted by molar-refractivity contribution is 0.563. The number of pyridine rings is 1. The van der Waals surface area contributed by atoms with Crippen LogP contribution >= 0.6 is 11.6 Å². The zero-order chi connectivity index (χ0) is 10.8. The van der Waals surface area contributed by atoms with Crippen LogP contribution in [-0.2, 0) is 16.8 Å². The largest absolute Gasteiger partial charge is 0.306 e. The molecule has 0 aliphatic heterocycles. The Bertz CT molecular complexity index is 530. The van der Waals surface area contributed by atoms with Gasteiger partial charge in [0.05, 0.1) is 16.3 Å². The minimum atomic E-state index is -1.83. The van der Waals surface area contributed by atoms with Gasteiger partial charge in [-0.2, -0.15) is 0 Å². The first-order valence-corrected chi connectivity index (χ1v) is 5.93. The molecular formula is C10H8ClNO2S. The molecule has 1 atom stereocenters. The molecule has 0 bridgehead atoms. The van der Waals surface area contributed by atoms with E-state index in [1.165, 1.54) is 0 Å². The summed E-state index contributed by atoms with van der Waals surface area (Å²) in [5.74, 6) is 0.112. The molecule has 0 radical (unpaired) electrons. The Labute approximate surface area is 94.4 Å². The SMILES string of the molecule is O=S(O)Cc1ccc2nccc(Cl)c2c1. The third-order valence-corrected chi connectivity index (χ3v) is 2.95. The lowest BCUT2D eigenvalue weighted by Crippen LogP contribution is -1.93. The maximum absolute atomic E-state index is 10.7. The molecule has 0 saturated carbocycles. The molecule has 2 aromatic rings. The van der Waals surface area contributed by atoms with Gasteiger partial charge < -0.3 is 4.55 Å². The number of hydrogen-bond acceptors (Lipinski definition) is 2. The molecule has 5 heteroatoms. The van der Waals surface area contributed by atoms with E-state index >= 15 is 0 Å². The Balaban J connectivity index is 2.54. The second-order valence-electron chi connectivity index (χ2n) is 3.11. The first kappa shape index (κ1) is 10.5. The summed E-state index contributed by atoms with van der Waals surface area (Å²) < 4.78 is 19.4. The normalized spacial score (nSPS) is 12.9. The van der Waals surface area contributed by atoms with Crippen molar-refractivity contribution in [1.82, 2.24) is 4.98 Å². The van der Waals surface area contributed by atoms with E-state index in [9.17, 15) is 4.21 Å². The molecule has 0 fully saturated rings. The van der Waals surface area contributed by atoms with E-state index < -0.39 is 11.1 Å². The van der Waals surface area contributed by atoms with Crippen LogP contribution in [-0.4, -0.2) is 13.7 Å². The van der Waals surface area contributed by atoms with E-state index in [0.29, 0.717) is 5.02 Å². The van der Waals surface area contributed by atoms with E-state index in [-0.39, 0.29) is 5.75 Å². The van der Waals surface area contributed by atoms with Crippen LogP contribution in [0.25, 0.3) is 10.9 Å². The van der Waals surface area contributed by atoms with Crippen molar-refractivity contribution < 1.29 is 8.76 Å². The molecule has 2 rings (SSSR count). The first-order chi connectivity index (χ1) is 7.16. The Morgan fingerprint density at radius 3 is 2.93 bits per heavy atom. The highest BCUT2D eigenvalue weighted by molar-refractivity contribution is 7.78. The van der Waals surface area contributed by atoms with Crippen LogP contribution in [0.2, 0.25) is 5.02 Å². The second-order valence-corrected chi connectivity index (χ2v) is 4.45. The van der Waals surface area contributed by atoms with E-state index in [0.717, 1.165) is 16.5 Å². The number of benzene rings is 1. The molecular weight excluding hydrogens is 234 g/mol. The van der Waals surface area contributed by atoms with Crippen LogP contribution < -0.4 is 0 Å². The fourth-order valence-corrected chi connectivity index (χ4v) is 2.06. The number of halogens is 1. The minimum absolute atomic E-state index is 0.112. The minimum Gasteiger partial charge on any atom is -0.306 e. The van der Waals surface area contributed by atoms with E-state index in [1.54, 1.807) is 30.5 Å². The lowest BCUT2D eigenvalue weighted by atomic mass is 10.1. The topological polar surface area (TPSA) is 50.2 Å². The Morgan fingerprint density at radius 2 is 2.20 bits per heavy atom. The van der Waals surface area contributed by atoms with Gasteiger partial charge in [-0.1, -0.05) is 17.7 Å². The molecule has 0 spiro atoms. The first-order valence-electron chi connectivity index (χ1n) is 4.27. The van der Waals surface area contributed by atoms with Crippen molar-refractivity contribution in [3.05, 3.63) is 41.0 Å². The highest BCUT2D eigenvalue weighted by atomic mass is 35.5. The molecule has 0 aliphatic rings. The number of aromatic nitrogens is 1. The average molecular weight is 242 g/mol. The van der Waals surface area contributed by atoms with Crippen LogP contribution in [0.4, 0.5) is 0 Å². The molecule has 3 nitrogen and oxygen atoms in total. The third kappa shape index (κ3) is 2.34. The summed E-state index contributed by atoms with van der Waals surface area (Å²) in [6, 6.07) is 7.06. The van der Waals surface area contributed by atoms with Crippen molar-refractivity contribution in [1.29, 1.82) is 0 Å². The van der Waals surface area contributed by atoms with Gasteiger partial charge in [-0.3, -0.25) is 4.98 Å². The third-order valence-electron chi connectivity index (χ3n) is 2.04. The molecule has 15 heavy (non-hydrogen) atoms. The summed E-state index contributed by atoms with van der Waals surface area (Å²) in [7, 11) is 0. The van der Waals surface area contributed by atoms with Crippen LogP contribution in [0.5, 0.6) is 0 Å². The van der Waals surface area contributed by atoms with Crippen molar-refractivity contribution in [2.45, 2.75) is 5.75 Å². The van der Waals surface area contributed by atoms with Crippen molar-refractivity contribution in [3.8, 4) is 0 Å². The quantitative estimate of drug-likeness (QED) is 0.823. The van der Waals surface area contributed by atoms with Gasteiger partial charge in [0, 0.05) is 11.6 Å². The smallest absolute Gasteiger partial charge is 0.157 e. The van der Waals surface area contributed by atoms with Crippen molar-refractivity contribution in [2.24, 2.45) is 0 Å². The van der Waals surface area contributed by atoms with Gasteiger partial charge in [-0.25, -0.2) is 4.21 Å². The van der Waals surface area contributed by atoms with E-state index in [2.05, 4.69) is 4.98 Å². The Kier molecular flexibility index (Phi) is 3.00. The predicted octanol–water partition coefficient (Wildman–Crippen LogP) is 2.61. The van der Waals surface area contributed by atoms with Gasteiger partial charge in [-0.15, -0.1) is 0 Å². The molecule has 1 aromatic heterocycles. The van der Waals surface area contributed by atoms with Gasteiger partial charge in [0.2, 0.25) is 0 Å². The molecule has 1 heterocycles. The van der Waals surface area contributed by atoms with Gasteiger partial charge in [-0.05, 0) is 23.8 Å². The monoisotopic (exact) mass is 241 g/mol. The zero-order valence-electron chi connectivity index (χ0n) is 7.68. The summed E-state index contributed by atoms with van der Waals surface area (Å²) >= 11 is 4.16. The van der Waals surface area contributed by atoms with Crippen molar-refractivity contribution >= 4 is 33.6 Å². The molecule has 1 N–H and O–H groups in total. The van der Waals surface area contributed by atoms with Gasteiger partial charge >= 0.3 is 0 Å². The maximum atomic E-state index is 10.7. The summed E-state index contributed by atoms with van der Waals surface area (Å²) in [6.45, 7) is 0. The predicted molar refractivity (Wildman–Crippen MR) is 61.2 cm³/mol. The highest BCUT2D eigenvalue weighted by Crippen LogP contribution is 2.22. The van der Waals surface area contributed by atoms with Gasteiger partial charge in [0.15, 0.2) is 11.1 Å². The standard InChI is InChI=1S/C10H8ClNO2S/c11-9-3-4-12-10-2-1-7(5-8(9)10)6-15(13)14/h1-5H,6H2,(H,13,14). The molecule has 1 aromatic carbocycles. The van der Waals surface area contributed by atoms with Crippen molar-refractivity contribution in [3.63, 3.8) is 0 Å². The summed E-state index contributed by atoms with van der Waals surface area (Å²) in [6.07, 6.45) is 1.63. The van der Waals surface area contributed by atoms with E-state index in [1.807, 2.05) is 0 Å². The van der Waals surface area contributed by atoms with E-state index in [4.69, 9.17) is 16.2 Å². The van der Waals surface area contributed by atoms with Crippen LogP contribution in [0.1, 0.15) is 5.56 Å². The maximum Gasteiger partial charge on any atom is 0.157 e. The summed E-state index contributed by atoms with van der Waals surface area (Å²) in [5.41, 5.74) is 1.56. The van der Waals surface area contributed by atoms with Crippen LogP contribution in [0, 0.1) is 0 Å². The lowest BCUT2D eigenvalue weighted by Gasteiger charge is -2.02. The summed E-state index contributed by atoms with van der Waals surface area (Å²) in [4.78, 5) is 4.14. The fraction of sp³-hybridized carbons (Fsp3) is 0.100. The molecule has 0 aliphatic carbocycles. The fourth-order valence-electron chi connectivity index (χ4n) is 1.39. The highest BCUT2D eigenvalue weighted by Gasteiger charge is 2.03. The number of rotatable bonds is 2. The number of nitrogens with zero attached hydrogens (tertiary/aromatic N) is 1. The Hall–Kier alpha value is -0.970.